The van der Waals surface area contributed by atoms with Gasteiger partial charge in [0.2, 0.25) is 0 Å². The van der Waals surface area contributed by atoms with Crippen LogP contribution in [0, 0.1) is 13.8 Å². The largest absolute Gasteiger partial charge is 0.423 e. The van der Waals surface area contributed by atoms with Gasteiger partial charge in [-0.3, -0.25) is 5.10 Å². The number of hydrogen-bond donors (Lipinski definition) is 2. The lowest BCUT2D eigenvalue weighted by molar-refractivity contribution is 0.191. The van der Waals surface area contributed by atoms with Crippen molar-refractivity contribution in [3.05, 3.63) is 51.9 Å². The molecule has 1 aromatic carbocycles. The van der Waals surface area contributed by atoms with E-state index in [9.17, 15) is 9.59 Å². The Hall–Kier alpha value is -3.16. The minimum absolute atomic E-state index is 0.142. The Bertz CT molecular complexity index is 1040. The third-order valence-corrected chi connectivity index (χ3v) is 5.07. The third kappa shape index (κ3) is 3.42. The smallest absolute Gasteiger partial charge is 0.336 e. The van der Waals surface area contributed by atoms with Gasteiger partial charge in [0.25, 0.3) is 0 Å². The van der Waals surface area contributed by atoms with Crippen molar-refractivity contribution in [1.82, 2.24) is 20.1 Å². The molecular weight excluding hydrogens is 346 g/mol. The lowest BCUT2D eigenvalue weighted by Gasteiger charge is -2.31. The van der Waals surface area contributed by atoms with Crippen molar-refractivity contribution in [2.45, 2.75) is 32.6 Å². The van der Waals surface area contributed by atoms with Crippen LogP contribution in [0.25, 0.3) is 11.0 Å². The van der Waals surface area contributed by atoms with Gasteiger partial charge in [-0.25, -0.2) is 14.6 Å². The molecule has 1 saturated heterocycles. The van der Waals surface area contributed by atoms with E-state index in [2.05, 4.69) is 20.5 Å². The number of aromatic amines is 1. The van der Waals surface area contributed by atoms with Crippen LogP contribution in [-0.4, -0.2) is 39.2 Å². The van der Waals surface area contributed by atoms with Gasteiger partial charge in [0, 0.05) is 36.1 Å². The summed E-state index contributed by atoms with van der Waals surface area (Å²) in [6, 6.07) is 4.96. The summed E-state index contributed by atoms with van der Waals surface area (Å²) >= 11 is 0. The van der Waals surface area contributed by atoms with E-state index in [0.717, 1.165) is 35.2 Å². The Morgan fingerprint density at radius 2 is 2.15 bits per heavy atom. The van der Waals surface area contributed by atoms with Crippen LogP contribution in [0.2, 0.25) is 0 Å². The molecule has 1 unspecified atom stereocenters. The molecule has 1 aliphatic heterocycles. The fraction of sp³-hybridized carbons (Fsp3) is 0.368. The van der Waals surface area contributed by atoms with Crippen LogP contribution in [0.1, 0.15) is 35.7 Å². The number of nitrogens with one attached hydrogen (secondary N) is 2. The molecule has 140 valence electrons. The Kier molecular flexibility index (Phi) is 4.39. The quantitative estimate of drug-likeness (QED) is 0.678. The Morgan fingerprint density at radius 1 is 1.30 bits per heavy atom. The number of nitrogens with zero attached hydrogens (tertiary/aromatic N) is 3. The summed E-state index contributed by atoms with van der Waals surface area (Å²) in [5, 5.41) is 10.6. The molecule has 8 heteroatoms. The first kappa shape index (κ1) is 17.3. The molecule has 1 aliphatic rings. The van der Waals surface area contributed by atoms with Crippen LogP contribution in [-0.2, 0) is 0 Å². The van der Waals surface area contributed by atoms with Crippen LogP contribution < -0.4 is 10.9 Å². The van der Waals surface area contributed by atoms with E-state index in [-0.39, 0.29) is 17.6 Å². The predicted molar refractivity (Wildman–Crippen MR) is 101 cm³/mol. The van der Waals surface area contributed by atoms with E-state index in [0.29, 0.717) is 24.4 Å². The van der Waals surface area contributed by atoms with Gasteiger partial charge in [0.05, 0.1) is 0 Å². The summed E-state index contributed by atoms with van der Waals surface area (Å²) in [7, 11) is 0. The summed E-state index contributed by atoms with van der Waals surface area (Å²) in [5.41, 5.74) is 2.53. The van der Waals surface area contributed by atoms with E-state index in [1.807, 2.05) is 19.9 Å². The van der Waals surface area contributed by atoms with E-state index in [1.54, 1.807) is 11.0 Å². The maximum absolute atomic E-state index is 12.8. The second kappa shape index (κ2) is 6.86. The summed E-state index contributed by atoms with van der Waals surface area (Å²) in [4.78, 5) is 30.4. The number of H-pyrrole nitrogens is 1. The summed E-state index contributed by atoms with van der Waals surface area (Å²) < 4.78 is 5.26. The third-order valence-electron chi connectivity index (χ3n) is 5.07. The number of piperidine rings is 1. The highest BCUT2D eigenvalue weighted by Gasteiger charge is 2.26. The van der Waals surface area contributed by atoms with Gasteiger partial charge < -0.3 is 14.6 Å². The van der Waals surface area contributed by atoms with Gasteiger partial charge in [0.15, 0.2) is 0 Å². The van der Waals surface area contributed by atoms with Crippen molar-refractivity contribution in [3.63, 3.8) is 0 Å². The molecule has 1 atom stereocenters. The molecule has 2 aromatic heterocycles. The first-order valence-corrected chi connectivity index (χ1v) is 8.97. The Morgan fingerprint density at radius 3 is 2.93 bits per heavy atom. The second-order valence-electron chi connectivity index (χ2n) is 7.00. The molecule has 0 aliphatic carbocycles. The zero-order chi connectivity index (χ0) is 19.0. The fourth-order valence-corrected chi connectivity index (χ4v) is 3.59. The van der Waals surface area contributed by atoms with Gasteiger partial charge in [-0.15, -0.1) is 0 Å². The van der Waals surface area contributed by atoms with Crippen LogP contribution in [0.15, 0.2) is 33.7 Å². The maximum Gasteiger partial charge on any atom is 0.336 e. The lowest BCUT2D eigenvalue weighted by atomic mass is 9.98. The normalized spacial score (nSPS) is 17.3. The molecule has 2 amide bonds. The predicted octanol–water partition coefficient (Wildman–Crippen LogP) is 2.94. The number of rotatable bonds is 2. The first-order valence-electron chi connectivity index (χ1n) is 8.97. The SMILES string of the molecule is Cc1cc2oc(=O)cc(C)c2cc1NC(=O)N1CCCC(c2ncn[nH]2)C1. The van der Waals surface area contributed by atoms with Crippen LogP contribution in [0.4, 0.5) is 10.5 Å². The number of carbonyl (C=O) groups is 1. The highest BCUT2D eigenvalue weighted by atomic mass is 16.4. The average Bonchev–Trinajstić information content (AvgIpc) is 3.17. The van der Waals surface area contributed by atoms with Gasteiger partial charge in [-0.2, -0.15) is 5.10 Å². The summed E-state index contributed by atoms with van der Waals surface area (Å²) in [5.74, 6) is 0.987. The number of aryl methyl sites for hydroxylation is 2. The van der Waals surface area contributed by atoms with Gasteiger partial charge in [-0.05, 0) is 49.9 Å². The number of urea groups is 1. The molecule has 3 aromatic rings. The van der Waals surface area contributed by atoms with E-state index in [1.165, 1.54) is 12.4 Å². The zero-order valence-electron chi connectivity index (χ0n) is 15.3. The zero-order valence-corrected chi connectivity index (χ0v) is 15.3. The molecule has 0 radical (unpaired) electrons. The standard InChI is InChI=1S/C19H21N5O3/c1-11-7-17(25)27-16-6-12(2)15(8-14(11)16)22-19(26)24-5-3-4-13(9-24)18-20-10-21-23-18/h6-8,10,13H,3-5,9H2,1-2H3,(H,22,26)(H,20,21,23). The highest BCUT2D eigenvalue weighted by Crippen LogP contribution is 2.27. The van der Waals surface area contributed by atoms with Gasteiger partial charge >= 0.3 is 11.7 Å². The molecule has 3 heterocycles. The summed E-state index contributed by atoms with van der Waals surface area (Å²) in [6.07, 6.45) is 3.39. The van der Waals surface area contributed by atoms with Gasteiger partial charge in [0.1, 0.15) is 17.7 Å². The molecule has 2 N–H and O–H groups in total. The topological polar surface area (TPSA) is 104 Å². The minimum atomic E-state index is -0.372. The maximum atomic E-state index is 12.8. The van der Waals surface area contributed by atoms with Crippen molar-refractivity contribution >= 4 is 22.7 Å². The Balaban J connectivity index is 1.55. The molecular formula is C19H21N5O3. The number of fused-ring (bicyclic) bond motifs is 1. The van der Waals surface area contributed by atoms with Crippen molar-refractivity contribution < 1.29 is 9.21 Å². The number of amides is 2. The fourth-order valence-electron chi connectivity index (χ4n) is 3.59. The van der Waals surface area contributed by atoms with Crippen LogP contribution in [0.5, 0.6) is 0 Å². The Labute approximate surface area is 155 Å². The molecule has 0 bridgehead atoms. The van der Waals surface area contributed by atoms with E-state index in [4.69, 9.17) is 4.42 Å². The number of likely N-dealkylation sites (tertiary alicyclic amines) is 1. The van der Waals surface area contributed by atoms with Crippen molar-refractivity contribution in [2.75, 3.05) is 18.4 Å². The van der Waals surface area contributed by atoms with E-state index >= 15 is 0 Å². The van der Waals surface area contributed by atoms with Crippen LogP contribution in [0.3, 0.4) is 0 Å². The summed E-state index contributed by atoms with van der Waals surface area (Å²) in [6.45, 7) is 5.04. The average molecular weight is 367 g/mol. The lowest BCUT2D eigenvalue weighted by Crippen LogP contribution is -2.42. The number of hydrogen-bond acceptors (Lipinski definition) is 5. The molecule has 27 heavy (non-hydrogen) atoms. The number of anilines is 1. The monoisotopic (exact) mass is 367 g/mol. The number of carbonyl (C=O) groups excluding carboxylic acids is 1. The second-order valence-corrected chi connectivity index (χ2v) is 7.00. The van der Waals surface area contributed by atoms with Crippen LogP contribution >= 0.6 is 0 Å². The molecule has 0 saturated carbocycles. The minimum Gasteiger partial charge on any atom is -0.423 e. The van der Waals surface area contributed by atoms with Crippen molar-refractivity contribution in [2.24, 2.45) is 0 Å². The number of aromatic nitrogens is 3. The van der Waals surface area contributed by atoms with Gasteiger partial charge in [-0.1, -0.05) is 0 Å². The molecule has 1 fully saturated rings. The molecule has 0 spiro atoms. The van der Waals surface area contributed by atoms with E-state index < -0.39 is 0 Å². The molecule has 4 rings (SSSR count). The van der Waals surface area contributed by atoms with Crippen molar-refractivity contribution in [3.8, 4) is 0 Å². The first-order chi connectivity index (χ1) is 13.0. The number of benzene rings is 1. The highest BCUT2D eigenvalue weighted by molar-refractivity contribution is 5.94. The van der Waals surface area contributed by atoms with Crippen molar-refractivity contribution in [1.29, 1.82) is 0 Å². The molecule has 8 nitrogen and oxygen atoms in total.